The lowest BCUT2D eigenvalue weighted by molar-refractivity contribution is 0.136. The van der Waals surface area contributed by atoms with Crippen molar-refractivity contribution >= 4 is 6.09 Å². The van der Waals surface area contributed by atoms with Crippen LogP contribution in [0.15, 0.2) is 0 Å². The summed E-state index contributed by atoms with van der Waals surface area (Å²) >= 11 is 0. The first kappa shape index (κ1) is 11.3. The fraction of sp³-hybridized carbons (Fsp3) is 0.900. The minimum Gasteiger partial charge on any atom is -0.453 e. The van der Waals surface area contributed by atoms with Gasteiger partial charge in [-0.05, 0) is 18.8 Å². The summed E-state index contributed by atoms with van der Waals surface area (Å²) in [6, 6.07) is 0. The second-order valence-corrected chi connectivity index (χ2v) is 4.30. The van der Waals surface area contributed by atoms with Crippen molar-refractivity contribution in [1.29, 1.82) is 0 Å². The van der Waals surface area contributed by atoms with E-state index in [4.69, 9.17) is 5.73 Å². The molecule has 3 N–H and O–H groups in total. The van der Waals surface area contributed by atoms with E-state index >= 15 is 0 Å². The fourth-order valence-electron chi connectivity index (χ4n) is 2.28. The summed E-state index contributed by atoms with van der Waals surface area (Å²) in [6.07, 6.45) is 3.90. The summed E-state index contributed by atoms with van der Waals surface area (Å²) in [5.41, 5.74) is 5.50. The minimum atomic E-state index is -0.371. The van der Waals surface area contributed by atoms with Crippen LogP contribution in [0.1, 0.15) is 32.6 Å². The molecule has 0 bridgehead atoms. The second-order valence-electron chi connectivity index (χ2n) is 4.30. The second kappa shape index (κ2) is 4.64. The first-order chi connectivity index (χ1) is 6.62. The Morgan fingerprint density at radius 1 is 1.71 bits per heavy atom. The van der Waals surface area contributed by atoms with E-state index in [9.17, 15) is 4.79 Å². The monoisotopic (exact) mass is 200 g/mol. The molecule has 2 atom stereocenters. The van der Waals surface area contributed by atoms with Gasteiger partial charge >= 0.3 is 6.09 Å². The molecule has 0 aromatic carbocycles. The fourth-order valence-corrected chi connectivity index (χ4v) is 2.28. The van der Waals surface area contributed by atoms with Gasteiger partial charge in [-0.15, -0.1) is 0 Å². The van der Waals surface area contributed by atoms with Gasteiger partial charge in [0.05, 0.1) is 12.6 Å². The number of ether oxygens (including phenoxy) is 1. The van der Waals surface area contributed by atoms with Crippen LogP contribution in [0.3, 0.4) is 0 Å². The van der Waals surface area contributed by atoms with Crippen LogP contribution in [0.5, 0.6) is 0 Å². The molecular formula is C10H20N2O2. The lowest BCUT2D eigenvalue weighted by Crippen LogP contribution is -2.55. The van der Waals surface area contributed by atoms with Gasteiger partial charge in [0.1, 0.15) is 0 Å². The largest absolute Gasteiger partial charge is 0.453 e. The number of amides is 1. The van der Waals surface area contributed by atoms with E-state index in [-0.39, 0.29) is 11.6 Å². The Morgan fingerprint density at radius 3 is 2.93 bits per heavy atom. The smallest absolute Gasteiger partial charge is 0.407 e. The van der Waals surface area contributed by atoms with Crippen LogP contribution in [-0.2, 0) is 4.74 Å². The zero-order valence-electron chi connectivity index (χ0n) is 9.01. The van der Waals surface area contributed by atoms with E-state index in [2.05, 4.69) is 17.0 Å². The molecule has 2 unspecified atom stereocenters. The normalized spacial score (nSPS) is 32.4. The number of carbonyl (C=O) groups excluding carboxylic acids is 1. The zero-order valence-corrected chi connectivity index (χ0v) is 9.01. The molecule has 14 heavy (non-hydrogen) atoms. The molecule has 1 saturated carbocycles. The number of rotatable bonds is 2. The standard InChI is InChI=1S/C10H20N2O2/c1-8-4-3-5-10(6-8,7-11)12-9(13)14-2/h8H,3-7,11H2,1-2H3,(H,12,13). The van der Waals surface area contributed by atoms with Gasteiger partial charge in [-0.25, -0.2) is 4.79 Å². The van der Waals surface area contributed by atoms with Crippen molar-refractivity contribution < 1.29 is 9.53 Å². The van der Waals surface area contributed by atoms with Crippen molar-refractivity contribution in [2.75, 3.05) is 13.7 Å². The lowest BCUT2D eigenvalue weighted by Gasteiger charge is -2.39. The molecule has 4 heteroatoms. The summed E-state index contributed by atoms with van der Waals surface area (Å²) in [7, 11) is 1.38. The summed E-state index contributed by atoms with van der Waals surface area (Å²) in [4.78, 5) is 11.2. The Bertz CT molecular complexity index is 208. The molecular weight excluding hydrogens is 180 g/mol. The van der Waals surface area contributed by atoms with Gasteiger partial charge in [-0.3, -0.25) is 0 Å². The van der Waals surface area contributed by atoms with E-state index in [1.807, 2.05) is 0 Å². The third kappa shape index (κ3) is 2.61. The third-order valence-electron chi connectivity index (χ3n) is 3.03. The Hall–Kier alpha value is -0.770. The lowest BCUT2D eigenvalue weighted by atomic mass is 9.76. The number of nitrogens with two attached hydrogens (primary N) is 1. The molecule has 1 aliphatic carbocycles. The Morgan fingerprint density at radius 2 is 2.43 bits per heavy atom. The van der Waals surface area contributed by atoms with Crippen molar-refractivity contribution in [1.82, 2.24) is 5.32 Å². The highest BCUT2D eigenvalue weighted by atomic mass is 16.5. The molecule has 1 rings (SSSR count). The molecule has 0 aromatic rings. The van der Waals surface area contributed by atoms with E-state index < -0.39 is 0 Å². The van der Waals surface area contributed by atoms with Crippen LogP contribution in [0, 0.1) is 5.92 Å². The average molecular weight is 200 g/mol. The molecule has 0 spiro atoms. The predicted octanol–water partition coefficient (Wildman–Crippen LogP) is 1.25. The zero-order chi connectivity index (χ0) is 10.6. The molecule has 4 nitrogen and oxygen atoms in total. The van der Waals surface area contributed by atoms with E-state index in [0.29, 0.717) is 12.5 Å². The van der Waals surface area contributed by atoms with Gasteiger partial charge < -0.3 is 15.8 Å². The molecule has 1 aliphatic rings. The van der Waals surface area contributed by atoms with Crippen molar-refractivity contribution in [3.63, 3.8) is 0 Å². The first-order valence-corrected chi connectivity index (χ1v) is 5.18. The van der Waals surface area contributed by atoms with Crippen LogP contribution >= 0.6 is 0 Å². The van der Waals surface area contributed by atoms with Gasteiger partial charge in [0.25, 0.3) is 0 Å². The number of carbonyl (C=O) groups is 1. The van der Waals surface area contributed by atoms with Crippen LogP contribution in [0.25, 0.3) is 0 Å². The van der Waals surface area contributed by atoms with Gasteiger partial charge in [-0.1, -0.05) is 19.8 Å². The molecule has 0 saturated heterocycles. The Kier molecular flexibility index (Phi) is 3.75. The SMILES string of the molecule is COC(=O)NC1(CN)CCCC(C)C1. The van der Waals surface area contributed by atoms with Crippen LogP contribution in [-0.4, -0.2) is 25.3 Å². The van der Waals surface area contributed by atoms with Crippen molar-refractivity contribution in [3.05, 3.63) is 0 Å². The first-order valence-electron chi connectivity index (χ1n) is 5.18. The Balaban J connectivity index is 2.60. The summed E-state index contributed by atoms with van der Waals surface area (Å²) in [6.45, 7) is 2.69. The maximum atomic E-state index is 11.2. The molecule has 0 aromatic heterocycles. The predicted molar refractivity (Wildman–Crippen MR) is 55.0 cm³/mol. The number of hydrogen-bond donors (Lipinski definition) is 2. The van der Waals surface area contributed by atoms with Crippen LogP contribution in [0.4, 0.5) is 4.79 Å². The molecule has 0 radical (unpaired) electrons. The molecule has 1 fully saturated rings. The molecule has 0 heterocycles. The summed E-state index contributed by atoms with van der Waals surface area (Å²) in [5, 5.41) is 2.88. The third-order valence-corrected chi connectivity index (χ3v) is 3.03. The van der Waals surface area contributed by atoms with Crippen molar-refractivity contribution in [3.8, 4) is 0 Å². The van der Waals surface area contributed by atoms with Gasteiger partial charge in [-0.2, -0.15) is 0 Å². The maximum Gasteiger partial charge on any atom is 0.407 e. The summed E-state index contributed by atoms with van der Waals surface area (Å²) < 4.78 is 4.61. The highest BCUT2D eigenvalue weighted by molar-refractivity contribution is 5.68. The quantitative estimate of drug-likeness (QED) is 0.705. The number of nitrogens with one attached hydrogen (secondary N) is 1. The molecule has 0 aliphatic heterocycles. The highest BCUT2D eigenvalue weighted by Crippen LogP contribution is 2.31. The number of alkyl carbamates (subject to hydrolysis) is 1. The summed E-state index contributed by atoms with van der Waals surface area (Å²) in [5.74, 6) is 0.629. The van der Waals surface area contributed by atoms with Crippen LogP contribution in [0.2, 0.25) is 0 Å². The van der Waals surface area contributed by atoms with Gasteiger partial charge in [0, 0.05) is 6.54 Å². The number of methoxy groups -OCH3 is 1. The van der Waals surface area contributed by atoms with E-state index in [1.54, 1.807) is 0 Å². The van der Waals surface area contributed by atoms with Crippen molar-refractivity contribution in [2.45, 2.75) is 38.1 Å². The van der Waals surface area contributed by atoms with Gasteiger partial charge in [0.15, 0.2) is 0 Å². The van der Waals surface area contributed by atoms with Crippen molar-refractivity contribution in [2.24, 2.45) is 11.7 Å². The van der Waals surface area contributed by atoms with Gasteiger partial charge in [0.2, 0.25) is 0 Å². The van der Waals surface area contributed by atoms with Crippen LogP contribution < -0.4 is 11.1 Å². The highest BCUT2D eigenvalue weighted by Gasteiger charge is 2.35. The molecule has 82 valence electrons. The Labute approximate surface area is 85.2 Å². The topological polar surface area (TPSA) is 64.3 Å². The minimum absolute atomic E-state index is 0.231. The van der Waals surface area contributed by atoms with E-state index in [0.717, 1.165) is 19.3 Å². The number of hydrogen-bond acceptors (Lipinski definition) is 3. The van der Waals surface area contributed by atoms with E-state index in [1.165, 1.54) is 13.5 Å². The maximum absolute atomic E-state index is 11.2. The molecule has 1 amide bonds. The average Bonchev–Trinajstić information content (AvgIpc) is 2.17.